The monoisotopic (exact) mass is 406 g/mol. The Morgan fingerprint density at radius 2 is 1.97 bits per heavy atom. The number of nitrogens with zero attached hydrogens (tertiary/aromatic N) is 5. The van der Waals surface area contributed by atoms with Gasteiger partial charge in [-0.15, -0.1) is 0 Å². The summed E-state index contributed by atoms with van der Waals surface area (Å²) in [4.78, 5) is 24.4. The van der Waals surface area contributed by atoms with E-state index in [1.807, 2.05) is 45.2 Å². The van der Waals surface area contributed by atoms with Crippen molar-refractivity contribution in [3.63, 3.8) is 0 Å². The number of anilines is 1. The van der Waals surface area contributed by atoms with Crippen LogP contribution in [0.4, 0.5) is 5.82 Å². The van der Waals surface area contributed by atoms with E-state index in [9.17, 15) is 14.9 Å². The Labute approximate surface area is 173 Å². The van der Waals surface area contributed by atoms with Crippen LogP contribution in [0, 0.1) is 25.2 Å². The van der Waals surface area contributed by atoms with E-state index in [4.69, 9.17) is 4.74 Å². The van der Waals surface area contributed by atoms with Crippen molar-refractivity contribution < 1.29 is 14.3 Å². The number of carbonyl (C=O) groups excluding carboxylic acids is 2. The molecule has 1 N–H and O–H groups in total. The van der Waals surface area contributed by atoms with E-state index in [2.05, 4.69) is 15.5 Å². The molecule has 0 radical (unpaired) electrons. The number of esters is 1. The van der Waals surface area contributed by atoms with E-state index in [0.29, 0.717) is 12.1 Å². The van der Waals surface area contributed by atoms with Gasteiger partial charge in [0.05, 0.1) is 17.6 Å². The molecule has 0 atom stereocenters. The van der Waals surface area contributed by atoms with E-state index in [0.717, 1.165) is 17.0 Å². The van der Waals surface area contributed by atoms with E-state index >= 15 is 0 Å². The van der Waals surface area contributed by atoms with Crippen molar-refractivity contribution in [1.29, 1.82) is 5.26 Å². The van der Waals surface area contributed by atoms with Crippen LogP contribution in [0.2, 0.25) is 0 Å². The molecule has 0 bridgehead atoms. The zero-order valence-electron chi connectivity index (χ0n) is 17.0. The maximum atomic E-state index is 12.3. The number of hydrogen-bond donors (Lipinski definition) is 1. The Morgan fingerprint density at radius 3 is 2.60 bits per heavy atom. The number of aromatic nitrogens is 4. The molecule has 2 heterocycles. The summed E-state index contributed by atoms with van der Waals surface area (Å²) < 4.78 is 8.31. The smallest absolute Gasteiger partial charge is 0.306 e. The highest BCUT2D eigenvalue weighted by molar-refractivity contribution is 5.93. The van der Waals surface area contributed by atoms with Crippen LogP contribution in [0.25, 0.3) is 5.69 Å². The van der Waals surface area contributed by atoms with Crippen molar-refractivity contribution in [2.24, 2.45) is 7.05 Å². The highest BCUT2D eigenvalue weighted by atomic mass is 16.5. The Balaban J connectivity index is 1.58. The van der Waals surface area contributed by atoms with Crippen LogP contribution in [0.15, 0.2) is 36.5 Å². The van der Waals surface area contributed by atoms with Gasteiger partial charge in [-0.2, -0.15) is 15.5 Å². The molecular weight excluding hydrogens is 384 g/mol. The third-order valence-electron chi connectivity index (χ3n) is 4.75. The lowest BCUT2D eigenvalue weighted by Crippen LogP contribution is -2.23. The molecule has 0 unspecified atom stereocenters. The van der Waals surface area contributed by atoms with Crippen molar-refractivity contribution in [3.05, 3.63) is 59.0 Å². The number of benzene rings is 1. The summed E-state index contributed by atoms with van der Waals surface area (Å²) in [5, 5.41) is 20.4. The molecule has 154 valence electrons. The van der Waals surface area contributed by atoms with Gasteiger partial charge in [0.15, 0.2) is 12.4 Å². The number of nitrogens with one attached hydrogen (secondary N) is 1. The largest absolute Gasteiger partial charge is 0.456 e. The van der Waals surface area contributed by atoms with Crippen LogP contribution >= 0.6 is 0 Å². The summed E-state index contributed by atoms with van der Waals surface area (Å²) in [6.45, 7) is 3.38. The number of amides is 1. The second kappa shape index (κ2) is 9.05. The summed E-state index contributed by atoms with van der Waals surface area (Å²) in [5.74, 6) is -0.803. The molecule has 30 heavy (non-hydrogen) atoms. The van der Waals surface area contributed by atoms with Crippen LogP contribution in [0.3, 0.4) is 0 Å². The van der Waals surface area contributed by atoms with Crippen molar-refractivity contribution in [2.75, 3.05) is 11.9 Å². The summed E-state index contributed by atoms with van der Waals surface area (Å²) in [6.07, 6.45) is 2.00. The Kier molecular flexibility index (Phi) is 6.27. The number of ether oxygens (including phenoxy) is 1. The molecule has 0 aliphatic heterocycles. The van der Waals surface area contributed by atoms with Gasteiger partial charge in [-0.3, -0.25) is 14.3 Å². The highest BCUT2D eigenvalue weighted by Crippen LogP contribution is 2.19. The quantitative estimate of drug-likeness (QED) is 0.602. The second-order valence-corrected chi connectivity index (χ2v) is 6.75. The van der Waals surface area contributed by atoms with Gasteiger partial charge in [0.2, 0.25) is 0 Å². The third-order valence-corrected chi connectivity index (χ3v) is 4.75. The third kappa shape index (κ3) is 4.55. The molecule has 3 rings (SSSR count). The van der Waals surface area contributed by atoms with Crippen molar-refractivity contribution in [1.82, 2.24) is 19.6 Å². The lowest BCUT2D eigenvalue weighted by atomic mass is 10.1. The molecule has 1 aromatic carbocycles. The SMILES string of the molecule is Cc1nn(C)c(C)c1CCC(=O)OCC(=O)Nc1c(C#N)cnn1-c1ccccc1. The second-order valence-electron chi connectivity index (χ2n) is 6.75. The fourth-order valence-corrected chi connectivity index (χ4v) is 3.11. The lowest BCUT2D eigenvalue weighted by Gasteiger charge is -2.10. The predicted octanol–water partition coefficient (Wildman–Crippen LogP) is 2.21. The van der Waals surface area contributed by atoms with Gasteiger partial charge in [-0.05, 0) is 38.0 Å². The number of rotatable bonds is 7. The van der Waals surface area contributed by atoms with Gasteiger partial charge in [-0.1, -0.05) is 18.2 Å². The lowest BCUT2D eigenvalue weighted by molar-refractivity contribution is -0.147. The summed E-state index contributed by atoms with van der Waals surface area (Å²) in [7, 11) is 1.85. The van der Waals surface area contributed by atoms with E-state index in [-0.39, 0.29) is 17.8 Å². The first-order valence-electron chi connectivity index (χ1n) is 9.38. The normalized spacial score (nSPS) is 10.5. The minimum atomic E-state index is -0.550. The van der Waals surface area contributed by atoms with Gasteiger partial charge in [0.1, 0.15) is 11.6 Å². The van der Waals surface area contributed by atoms with E-state index in [1.165, 1.54) is 10.9 Å². The number of aryl methyl sites for hydroxylation is 2. The molecule has 0 aliphatic rings. The first-order valence-corrected chi connectivity index (χ1v) is 9.38. The van der Waals surface area contributed by atoms with Crippen LogP contribution in [-0.2, 0) is 27.8 Å². The Hall–Kier alpha value is -3.93. The Bertz CT molecular complexity index is 1110. The fourth-order valence-electron chi connectivity index (χ4n) is 3.11. The molecule has 0 saturated heterocycles. The Morgan fingerprint density at radius 1 is 1.23 bits per heavy atom. The van der Waals surface area contributed by atoms with Crippen LogP contribution in [-0.4, -0.2) is 38.0 Å². The average Bonchev–Trinajstić information content (AvgIpc) is 3.25. The van der Waals surface area contributed by atoms with Gasteiger partial charge in [0.25, 0.3) is 5.91 Å². The molecular formula is C21H22N6O3. The number of para-hydroxylation sites is 1. The van der Waals surface area contributed by atoms with Crippen LogP contribution < -0.4 is 5.32 Å². The average molecular weight is 406 g/mol. The zero-order valence-corrected chi connectivity index (χ0v) is 17.0. The van der Waals surface area contributed by atoms with Crippen molar-refractivity contribution >= 4 is 17.7 Å². The van der Waals surface area contributed by atoms with Gasteiger partial charge in [-0.25, -0.2) is 4.68 Å². The predicted molar refractivity (Wildman–Crippen MR) is 109 cm³/mol. The maximum Gasteiger partial charge on any atom is 0.306 e. The molecule has 0 saturated carbocycles. The van der Waals surface area contributed by atoms with E-state index < -0.39 is 18.5 Å². The minimum Gasteiger partial charge on any atom is -0.456 e. The van der Waals surface area contributed by atoms with Gasteiger partial charge < -0.3 is 10.1 Å². The first kappa shape index (κ1) is 20.8. The van der Waals surface area contributed by atoms with Gasteiger partial charge in [0, 0.05) is 19.2 Å². The van der Waals surface area contributed by atoms with Crippen LogP contribution in [0.5, 0.6) is 0 Å². The standard InChI is InChI=1S/C21H22N6O3/c1-14-18(15(2)26(3)25-14)9-10-20(29)30-13-19(28)24-21-16(11-22)12-23-27(21)17-7-5-4-6-8-17/h4-8,12H,9-10,13H2,1-3H3,(H,24,28). The van der Waals surface area contributed by atoms with Crippen molar-refractivity contribution in [2.45, 2.75) is 26.7 Å². The van der Waals surface area contributed by atoms with Crippen LogP contribution in [0.1, 0.15) is 28.9 Å². The molecule has 0 aliphatic carbocycles. The molecule has 0 spiro atoms. The number of hydrogen-bond acceptors (Lipinski definition) is 6. The summed E-state index contributed by atoms with van der Waals surface area (Å²) >= 11 is 0. The topological polar surface area (TPSA) is 115 Å². The van der Waals surface area contributed by atoms with Gasteiger partial charge >= 0.3 is 5.97 Å². The number of carbonyl (C=O) groups is 2. The van der Waals surface area contributed by atoms with Crippen molar-refractivity contribution in [3.8, 4) is 11.8 Å². The molecule has 1 amide bonds. The minimum absolute atomic E-state index is 0.145. The maximum absolute atomic E-state index is 12.3. The molecule has 3 aromatic rings. The number of nitriles is 1. The highest BCUT2D eigenvalue weighted by Gasteiger charge is 2.17. The summed E-state index contributed by atoms with van der Waals surface area (Å²) in [6, 6.07) is 11.1. The molecule has 9 heteroatoms. The molecule has 9 nitrogen and oxygen atoms in total. The molecule has 0 fully saturated rings. The van der Waals surface area contributed by atoms with E-state index in [1.54, 1.807) is 16.8 Å². The summed E-state index contributed by atoms with van der Waals surface area (Å²) in [5.41, 5.74) is 3.77. The molecule has 2 aromatic heterocycles. The fraction of sp³-hybridized carbons (Fsp3) is 0.286. The first-order chi connectivity index (χ1) is 14.4. The zero-order chi connectivity index (χ0) is 21.7.